The molecule has 0 radical (unpaired) electrons. The van der Waals surface area contributed by atoms with Gasteiger partial charge in [0.1, 0.15) is 0 Å². The third-order valence-corrected chi connectivity index (χ3v) is 2.93. The Morgan fingerprint density at radius 3 is 2.75 bits per heavy atom. The van der Waals surface area contributed by atoms with Crippen LogP contribution in [-0.2, 0) is 0 Å². The minimum Gasteiger partial charge on any atom is -0.380 e. The van der Waals surface area contributed by atoms with Gasteiger partial charge in [-0.05, 0) is 16.0 Å². The smallest absolute Gasteiger partial charge is 0.0695 e. The lowest BCUT2D eigenvalue weighted by Crippen LogP contribution is -2.33. The van der Waals surface area contributed by atoms with Crippen LogP contribution in [0.1, 0.15) is 0 Å². The molecule has 1 aliphatic heterocycles. The zero-order valence-corrected chi connectivity index (χ0v) is 8.93. The van der Waals surface area contributed by atoms with Crippen LogP contribution in [0.2, 0.25) is 0 Å². The number of nitrogens with one attached hydrogen (secondary N) is 1. The van der Waals surface area contributed by atoms with Gasteiger partial charge >= 0.3 is 0 Å². The van der Waals surface area contributed by atoms with Crippen LogP contribution in [0.3, 0.4) is 0 Å². The molecule has 0 amide bonds. The Morgan fingerprint density at radius 2 is 1.81 bits per heavy atom. The summed E-state index contributed by atoms with van der Waals surface area (Å²) in [5.74, 6) is 0. The quantitative estimate of drug-likeness (QED) is 0.674. The second-order valence-electron chi connectivity index (χ2n) is 3.99. The van der Waals surface area contributed by atoms with Crippen molar-refractivity contribution in [3.05, 3.63) is 70.7 Å². The van der Waals surface area contributed by atoms with Gasteiger partial charge in [-0.1, -0.05) is 60.7 Å². The summed E-state index contributed by atoms with van der Waals surface area (Å²) in [6.07, 6.45) is 14.9. The SMILES string of the molecule is C1=CC2=CC=c3ccccc3=CNC2C=C1. The fourth-order valence-corrected chi connectivity index (χ4v) is 2.03. The summed E-state index contributed by atoms with van der Waals surface area (Å²) in [5.41, 5.74) is 1.30. The Labute approximate surface area is 94.8 Å². The zero-order chi connectivity index (χ0) is 10.8. The van der Waals surface area contributed by atoms with Gasteiger partial charge in [0.25, 0.3) is 0 Å². The van der Waals surface area contributed by atoms with Gasteiger partial charge in [-0.25, -0.2) is 0 Å². The van der Waals surface area contributed by atoms with E-state index in [1.165, 1.54) is 16.0 Å². The second kappa shape index (κ2) is 3.86. The van der Waals surface area contributed by atoms with Crippen LogP contribution in [-0.4, -0.2) is 6.04 Å². The fourth-order valence-electron chi connectivity index (χ4n) is 2.03. The van der Waals surface area contributed by atoms with Crippen LogP contribution in [0.4, 0.5) is 0 Å². The van der Waals surface area contributed by atoms with Gasteiger partial charge in [-0.2, -0.15) is 0 Å². The first-order valence-electron chi connectivity index (χ1n) is 5.51. The molecule has 1 aromatic carbocycles. The van der Waals surface area contributed by atoms with Gasteiger partial charge in [0, 0.05) is 6.20 Å². The first-order valence-corrected chi connectivity index (χ1v) is 5.51. The molecule has 1 heteroatoms. The van der Waals surface area contributed by atoms with Crippen molar-refractivity contribution in [2.45, 2.75) is 6.04 Å². The van der Waals surface area contributed by atoms with Crippen LogP contribution in [0, 0.1) is 0 Å². The molecule has 0 bridgehead atoms. The van der Waals surface area contributed by atoms with E-state index in [-0.39, 0.29) is 0 Å². The topological polar surface area (TPSA) is 12.0 Å². The maximum atomic E-state index is 3.43. The van der Waals surface area contributed by atoms with Gasteiger partial charge in [0.2, 0.25) is 0 Å². The molecule has 1 atom stereocenters. The Morgan fingerprint density at radius 1 is 0.938 bits per heavy atom. The van der Waals surface area contributed by atoms with Gasteiger partial charge in [0.15, 0.2) is 0 Å². The summed E-state index contributed by atoms with van der Waals surface area (Å²) >= 11 is 0. The number of hydrogen-bond donors (Lipinski definition) is 1. The van der Waals surface area contributed by atoms with Gasteiger partial charge in [-0.3, -0.25) is 0 Å². The highest BCUT2D eigenvalue weighted by Crippen LogP contribution is 2.11. The van der Waals surface area contributed by atoms with E-state index < -0.39 is 0 Å². The molecule has 0 aromatic heterocycles. The predicted octanol–water partition coefficient (Wildman–Crippen LogP) is 1.23. The number of hydrogen-bond acceptors (Lipinski definition) is 1. The molecule has 0 spiro atoms. The van der Waals surface area contributed by atoms with Crippen LogP contribution in [0.5, 0.6) is 0 Å². The van der Waals surface area contributed by atoms with Crippen LogP contribution in [0.15, 0.2) is 60.2 Å². The third-order valence-electron chi connectivity index (χ3n) is 2.93. The van der Waals surface area contributed by atoms with Gasteiger partial charge in [0.05, 0.1) is 6.04 Å². The summed E-state index contributed by atoms with van der Waals surface area (Å²) in [4.78, 5) is 0. The minimum absolute atomic E-state index is 0.301. The molecule has 1 unspecified atom stereocenters. The fraction of sp³-hybridized carbons (Fsp3) is 0.0667. The van der Waals surface area contributed by atoms with E-state index in [1.807, 2.05) is 0 Å². The molecule has 16 heavy (non-hydrogen) atoms. The predicted molar refractivity (Wildman–Crippen MR) is 67.9 cm³/mol. The molecule has 78 valence electrons. The Kier molecular flexibility index (Phi) is 2.22. The molecule has 1 nitrogen and oxygen atoms in total. The van der Waals surface area contributed by atoms with E-state index >= 15 is 0 Å². The van der Waals surface area contributed by atoms with E-state index in [2.05, 4.69) is 72.2 Å². The molecule has 2 aliphatic rings. The average Bonchev–Trinajstić information content (AvgIpc) is 2.32. The molecule has 1 aromatic rings. The third kappa shape index (κ3) is 1.61. The lowest BCUT2D eigenvalue weighted by molar-refractivity contribution is 0.839. The summed E-state index contributed by atoms with van der Waals surface area (Å²) in [6, 6.07) is 8.69. The summed E-state index contributed by atoms with van der Waals surface area (Å²) in [6.45, 7) is 0. The van der Waals surface area contributed by atoms with Crippen LogP contribution in [0.25, 0.3) is 12.3 Å². The first kappa shape index (κ1) is 9.22. The lowest BCUT2D eigenvalue weighted by atomic mass is 10.0. The maximum Gasteiger partial charge on any atom is 0.0695 e. The van der Waals surface area contributed by atoms with Gasteiger partial charge < -0.3 is 5.32 Å². The molecule has 3 rings (SSSR count). The van der Waals surface area contributed by atoms with Crippen molar-refractivity contribution in [3.8, 4) is 0 Å². The van der Waals surface area contributed by atoms with Gasteiger partial charge in [-0.15, -0.1) is 0 Å². The zero-order valence-electron chi connectivity index (χ0n) is 8.93. The average molecular weight is 207 g/mol. The van der Waals surface area contributed by atoms with E-state index in [4.69, 9.17) is 0 Å². The molecule has 0 saturated heterocycles. The van der Waals surface area contributed by atoms with E-state index in [0.717, 1.165) is 0 Å². The highest BCUT2D eigenvalue weighted by molar-refractivity contribution is 5.51. The molecule has 1 N–H and O–H groups in total. The van der Waals surface area contributed by atoms with Crippen LogP contribution < -0.4 is 15.8 Å². The highest BCUT2D eigenvalue weighted by atomic mass is 14.9. The van der Waals surface area contributed by atoms with Crippen molar-refractivity contribution >= 4 is 12.3 Å². The Balaban J connectivity index is 2.19. The second-order valence-corrected chi connectivity index (χ2v) is 3.99. The number of benzene rings is 1. The first-order chi connectivity index (χ1) is 7.93. The van der Waals surface area contributed by atoms with Crippen molar-refractivity contribution < 1.29 is 0 Å². The lowest BCUT2D eigenvalue weighted by Gasteiger charge is -2.18. The number of rotatable bonds is 0. The highest BCUT2D eigenvalue weighted by Gasteiger charge is 2.08. The largest absolute Gasteiger partial charge is 0.380 e. The van der Waals surface area contributed by atoms with Crippen molar-refractivity contribution in [1.82, 2.24) is 5.32 Å². The molecule has 0 saturated carbocycles. The van der Waals surface area contributed by atoms with E-state index in [9.17, 15) is 0 Å². The molecule has 0 fully saturated rings. The summed E-state index contributed by atoms with van der Waals surface area (Å²) < 4.78 is 0. The Bertz CT molecular complexity index is 603. The van der Waals surface area contributed by atoms with E-state index in [0.29, 0.717) is 6.04 Å². The monoisotopic (exact) mass is 207 g/mol. The van der Waals surface area contributed by atoms with Crippen molar-refractivity contribution in [2.24, 2.45) is 0 Å². The van der Waals surface area contributed by atoms with Crippen molar-refractivity contribution in [1.29, 1.82) is 0 Å². The minimum atomic E-state index is 0.301. The number of allylic oxidation sites excluding steroid dienone is 3. The van der Waals surface area contributed by atoms with E-state index in [1.54, 1.807) is 0 Å². The molecule has 1 aliphatic carbocycles. The Hall–Kier alpha value is -2.02. The van der Waals surface area contributed by atoms with Crippen molar-refractivity contribution in [2.75, 3.05) is 0 Å². The normalized spacial score (nSPS) is 21.2. The summed E-state index contributed by atoms with van der Waals surface area (Å²) in [7, 11) is 0. The molecule has 1 heterocycles. The molecular formula is C15H13N. The molecular weight excluding hydrogens is 194 g/mol. The maximum absolute atomic E-state index is 3.43. The summed E-state index contributed by atoms with van der Waals surface area (Å²) in [5, 5.41) is 5.92. The van der Waals surface area contributed by atoms with Crippen LogP contribution >= 0.6 is 0 Å². The van der Waals surface area contributed by atoms with Crippen molar-refractivity contribution in [3.63, 3.8) is 0 Å². The number of fused-ring (bicyclic) bond motifs is 2. The standard InChI is InChI=1S/C15H13N/c1-2-7-14-11-16-15-8-4-3-6-13(15)10-9-12(14)5-1/h1-11,15-16H.